The molecule has 0 radical (unpaired) electrons. The number of aromatic nitrogens is 2. The fourth-order valence-corrected chi connectivity index (χ4v) is 2.47. The molecule has 9 heteroatoms. The fraction of sp³-hybridized carbons (Fsp3) is 0. The van der Waals surface area contributed by atoms with Crippen LogP contribution in [0.3, 0.4) is 0 Å². The van der Waals surface area contributed by atoms with Crippen LogP contribution in [0, 0.1) is 11.6 Å². The number of rotatable bonds is 3. The summed E-state index contributed by atoms with van der Waals surface area (Å²) in [6, 6.07) is 2.21. The minimum atomic E-state index is -4.49. The second-order valence-electron chi connectivity index (χ2n) is 3.44. The maximum absolute atomic E-state index is 13.5. The van der Waals surface area contributed by atoms with Crippen LogP contribution in [0.5, 0.6) is 5.75 Å². The Morgan fingerprint density at radius 2 is 1.84 bits per heavy atom. The number of sulfonamides is 1. The van der Waals surface area contributed by atoms with Crippen LogP contribution in [-0.2, 0) is 10.0 Å². The highest BCUT2D eigenvalue weighted by Crippen LogP contribution is 2.25. The normalized spacial score (nSPS) is 11.3. The second-order valence-corrected chi connectivity index (χ2v) is 5.06. The Kier molecular flexibility index (Phi) is 3.30. The van der Waals surface area contributed by atoms with E-state index >= 15 is 0 Å². The van der Waals surface area contributed by atoms with E-state index in [1.165, 1.54) is 12.3 Å². The van der Waals surface area contributed by atoms with Crippen LogP contribution in [0.2, 0.25) is 0 Å². The van der Waals surface area contributed by atoms with Gasteiger partial charge in [-0.25, -0.2) is 27.2 Å². The molecule has 2 N–H and O–H groups in total. The Morgan fingerprint density at radius 1 is 1.21 bits per heavy atom. The average Bonchev–Trinajstić information content (AvgIpc) is 2.27. The first-order valence-electron chi connectivity index (χ1n) is 4.87. The SMILES string of the molecule is O=S(=O)(Nc1ccncn1)c1c(F)cc(O)cc1F. The zero-order chi connectivity index (χ0) is 14.0. The summed E-state index contributed by atoms with van der Waals surface area (Å²) in [7, 11) is -4.49. The number of halogens is 2. The van der Waals surface area contributed by atoms with E-state index in [2.05, 4.69) is 9.97 Å². The van der Waals surface area contributed by atoms with Crippen LogP contribution in [0.25, 0.3) is 0 Å². The maximum atomic E-state index is 13.5. The van der Waals surface area contributed by atoms with E-state index in [4.69, 9.17) is 5.11 Å². The maximum Gasteiger partial charge on any atom is 0.268 e. The highest BCUT2D eigenvalue weighted by atomic mass is 32.2. The molecule has 0 saturated heterocycles. The van der Waals surface area contributed by atoms with Gasteiger partial charge in [-0.1, -0.05) is 0 Å². The van der Waals surface area contributed by atoms with Gasteiger partial charge in [-0.15, -0.1) is 0 Å². The predicted molar refractivity (Wildman–Crippen MR) is 60.9 cm³/mol. The van der Waals surface area contributed by atoms with Crippen LogP contribution >= 0.6 is 0 Å². The molecular weight excluding hydrogens is 280 g/mol. The van der Waals surface area contributed by atoms with Gasteiger partial charge >= 0.3 is 0 Å². The highest BCUT2D eigenvalue weighted by molar-refractivity contribution is 7.92. The number of anilines is 1. The van der Waals surface area contributed by atoms with Gasteiger partial charge < -0.3 is 5.11 Å². The largest absolute Gasteiger partial charge is 0.508 e. The first-order chi connectivity index (χ1) is 8.90. The molecule has 1 aromatic carbocycles. The van der Waals surface area contributed by atoms with Crippen LogP contribution in [0.4, 0.5) is 14.6 Å². The number of benzene rings is 1. The van der Waals surface area contributed by atoms with Crippen molar-refractivity contribution in [1.82, 2.24) is 9.97 Å². The molecule has 6 nitrogen and oxygen atoms in total. The number of aromatic hydroxyl groups is 1. The number of hydrogen-bond acceptors (Lipinski definition) is 5. The molecule has 19 heavy (non-hydrogen) atoms. The van der Waals surface area contributed by atoms with Gasteiger partial charge in [0, 0.05) is 18.3 Å². The molecule has 0 saturated carbocycles. The summed E-state index contributed by atoms with van der Waals surface area (Å²) in [4.78, 5) is 5.95. The molecule has 1 heterocycles. The quantitative estimate of drug-likeness (QED) is 0.886. The van der Waals surface area contributed by atoms with Gasteiger partial charge in [0.15, 0.2) is 4.90 Å². The fourth-order valence-electron chi connectivity index (χ4n) is 1.34. The molecule has 0 unspecified atom stereocenters. The molecule has 100 valence electrons. The Hall–Kier alpha value is -2.29. The third-order valence-corrected chi connectivity index (χ3v) is 3.48. The Labute approximate surface area is 106 Å². The summed E-state index contributed by atoms with van der Waals surface area (Å²) in [5.74, 6) is -3.66. The summed E-state index contributed by atoms with van der Waals surface area (Å²) in [6.45, 7) is 0. The van der Waals surface area contributed by atoms with Crippen molar-refractivity contribution >= 4 is 15.8 Å². The molecule has 0 bridgehead atoms. The van der Waals surface area contributed by atoms with Crippen molar-refractivity contribution in [2.45, 2.75) is 4.90 Å². The third kappa shape index (κ3) is 2.76. The lowest BCUT2D eigenvalue weighted by Crippen LogP contribution is -2.17. The highest BCUT2D eigenvalue weighted by Gasteiger charge is 2.25. The van der Waals surface area contributed by atoms with E-state index in [0.29, 0.717) is 12.1 Å². The Morgan fingerprint density at radius 3 is 2.37 bits per heavy atom. The number of nitrogens with zero attached hydrogens (tertiary/aromatic N) is 2. The van der Waals surface area contributed by atoms with E-state index in [0.717, 1.165) is 6.33 Å². The number of phenols is 1. The van der Waals surface area contributed by atoms with Gasteiger partial charge in [0.2, 0.25) is 0 Å². The van der Waals surface area contributed by atoms with E-state index in [9.17, 15) is 17.2 Å². The van der Waals surface area contributed by atoms with Gasteiger partial charge in [-0.2, -0.15) is 0 Å². The average molecular weight is 287 g/mol. The van der Waals surface area contributed by atoms with Crippen molar-refractivity contribution < 1.29 is 22.3 Å². The Balaban J connectivity index is 2.46. The van der Waals surface area contributed by atoms with E-state index in [1.807, 2.05) is 4.72 Å². The number of phenolic OH excluding ortho intramolecular Hbond substituents is 1. The lowest BCUT2D eigenvalue weighted by molar-refractivity contribution is 0.450. The molecule has 2 rings (SSSR count). The topological polar surface area (TPSA) is 92.2 Å². The van der Waals surface area contributed by atoms with Gasteiger partial charge in [-0.05, 0) is 6.07 Å². The minimum absolute atomic E-state index is 0.137. The number of hydrogen-bond donors (Lipinski definition) is 2. The molecule has 0 aliphatic heterocycles. The summed E-state index contributed by atoms with van der Waals surface area (Å²) in [5, 5.41) is 8.96. The van der Waals surface area contributed by atoms with Crippen molar-refractivity contribution in [3.63, 3.8) is 0 Å². The molecule has 0 amide bonds. The second kappa shape index (κ2) is 4.76. The third-order valence-electron chi connectivity index (χ3n) is 2.07. The van der Waals surface area contributed by atoms with Crippen molar-refractivity contribution in [1.29, 1.82) is 0 Å². The molecule has 2 aromatic rings. The van der Waals surface area contributed by atoms with Crippen molar-refractivity contribution in [3.8, 4) is 5.75 Å². The monoisotopic (exact) mass is 287 g/mol. The standard InChI is InChI=1S/C10H7F2N3O3S/c11-7-3-6(16)4-8(12)10(7)19(17,18)15-9-1-2-13-5-14-9/h1-5,16H,(H,13,14,15). The van der Waals surface area contributed by atoms with Crippen LogP contribution in [-0.4, -0.2) is 23.5 Å². The predicted octanol–water partition coefficient (Wildman–Crippen LogP) is 1.26. The first-order valence-corrected chi connectivity index (χ1v) is 6.35. The summed E-state index contributed by atoms with van der Waals surface area (Å²) < 4.78 is 52.5. The zero-order valence-electron chi connectivity index (χ0n) is 9.21. The first kappa shape index (κ1) is 13.1. The van der Waals surface area contributed by atoms with Gasteiger partial charge in [0.05, 0.1) is 0 Å². The number of nitrogens with one attached hydrogen (secondary N) is 1. The van der Waals surface area contributed by atoms with Crippen LogP contribution in [0.1, 0.15) is 0 Å². The van der Waals surface area contributed by atoms with E-state index < -0.39 is 32.3 Å². The van der Waals surface area contributed by atoms with Gasteiger partial charge in [-0.3, -0.25) is 4.72 Å². The molecular formula is C10H7F2N3O3S. The van der Waals surface area contributed by atoms with Gasteiger partial charge in [0.1, 0.15) is 29.5 Å². The summed E-state index contributed by atoms with van der Waals surface area (Å²) >= 11 is 0. The van der Waals surface area contributed by atoms with Crippen molar-refractivity contribution in [3.05, 3.63) is 42.4 Å². The summed E-state index contributed by atoms with van der Waals surface area (Å²) in [6.07, 6.45) is 2.33. The van der Waals surface area contributed by atoms with Crippen molar-refractivity contribution in [2.75, 3.05) is 4.72 Å². The molecule has 0 fully saturated rings. The molecule has 0 spiro atoms. The van der Waals surface area contributed by atoms with E-state index in [1.54, 1.807) is 0 Å². The zero-order valence-corrected chi connectivity index (χ0v) is 10.0. The Bertz CT molecular complexity index is 684. The lowest BCUT2D eigenvalue weighted by Gasteiger charge is -2.09. The lowest BCUT2D eigenvalue weighted by atomic mass is 10.3. The molecule has 0 aliphatic rings. The van der Waals surface area contributed by atoms with Crippen LogP contribution < -0.4 is 4.72 Å². The van der Waals surface area contributed by atoms with Gasteiger partial charge in [0.25, 0.3) is 10.0 Å². The molecule has 1 aromatic heterocycles. The molecule has 0 atom stereocenters. The molecule has 0 aliphatic carbocycles. The van der Waals surface area contributed by atoms with Crippen molar-refractivity contribution in [2.24, 2.45) is 0 Å². The van der Waals surface area contributed by atoms with Crippen LogP contribution in [0.15, 0.2) is 35.6 Å². The summed E-state index contributed by atoms with van der Waals surface area (Å²) in [5.41, 5.74) is 0. The van der Waals surface area contributed by atoms with E-state index in [-0.39, 0.29) is 5.82 Å². The minimum Gasteiger partial charge on any atom is -0.508 e. The smallest absolute Gasteiger partial charge is 0.268 e.